The molecule has 0 aliphatic rings. The number of ether oxygens (including phenoxy) is 2. The summed E-state index contributed by atoms with van der Waals surface area (Å²) in [7, 11) is -9.19. The maximum Gasteiger partial charge on any atom is 0.339 e. The number of nitrogens with zero attached hydrogens (tertiary/aromatic N) is 1. The van der Waals surface area contributed by atoms with Crippen molar-refractivity contribution in [2.24, 2.45) is 0 Å². The lowest BCUT2D eigenvalue weighted by atomic mass is 10.3. The molecule has 0 saturated carbocycles. The second-order valence-corrected chi connectivity index (χ2v) is 10.1. The van der Waals surface area contributed by atoms with Gasteiger partial charge in [-0.3, -0.25) is 18.7 Å². The van der Waals surface area contributed by atoms with Gasteiger partial charge in [-0.1, -0.05) is 18.2 Å². The Kier molecular flexibility index (Phi) is 9.48. The molecule has 0 aliphatic heterocycles. The summed E-state index contributed by atoms with van der Waals surface area (Å²) in [6, 6.07) is 8.80. The molecular formula is C16H25NO10P2. The van der Waals surface area contributed by atoms with Gasteiger partial charge in [0, 0.05) is 5.69 Å². The van der Waals surface area contributed by atoms with Crippen molar-refractivity contribution in [1.82, 2.24) is 0 Å². The Morgan fingerprint density at radius 2 is 1.24 bits per heavy atom. The number of anilines is 1. The summed E-state index contributed by atoms with van der Waals surface area (Å²) in [6.07, 6.45) is 0. The van der Waals surface area contributed by atoms with Crippen molar-refractivity contribution in [1.29, 1.82) is 0 Å². The summed E-state index contributed by atoms with van der Waals surface area (Å²) in [5.41, 5.74) is -2.46. The van der Waals surface area contributed by atoms with Crippen LogP contribution in [0.1, 0.15) is 13.8 Å². The Morgan fingerprint density at radius 1 is 0.862 bits per heavy atom. The van der Waals surface area contributed by atoms with Gasteiger partial charge in [-0.25, -0.2) is 0 Å². The van der Waals surface area contributed by atoms with Gasteiger partial charge in [-0.15, -0.1) is 0 Å². The van der Waals surface area contributed by atoms with Crippen LogP contribution in [0, 0.1) is 0 Å². The van der Waals surface area contributed by atoms with Gasteiger partial charge >= 0.3 is 27.1 Å². The minimum atomic E-state index is -4.60. The Hall–Kier alpha value is -1.74. The number of rotatable bonds is 11. The van der Waals surface area contributed by atoms with Crippen molar-refractivity contribution in [3.63, 3.8) is 0 Å². The molecule has 0 aromatic heterocycles. The molecule has 2 unspecified atom stereocenters. The first-order chi connectivity index (χ1) is 13.3. The van der Waals surface area contributed by atoms with Crippen LogP contribution >= 0.6 is 15.2 Å². The van der Waals surface area contributed by atoms with Crippen molar-refractivity contribution in [2.75, 3.05) is 31.2 Å². The highest BCUT2D eigenvalue weighted by Crippen LogP contribution is 2.41. The van der Waals surface area contributed by atoms with E-state index in [0.717, 1.165) is 13.8 Å². The van der Waals surface area contributed by atoms with E-state index in [1.165, 1.54) is 0 Å². The molecule has 29 heavy (non-hydrogen) atoms. The predicted molar refractivity (Wildman–Crippen MR) is 104 cm³/mol. The first kappa shape index (κ1) is 25.3. The molecule has 13 heteroatoms. The zero-order chi connectivity index (χ0) is 22.2. The summed E-state index contributed by atoms with van der Waals surface area (Å²) in [5.74, 6) is -2.07. The quantitative estimate of drug-likeness (QED) is 0.275. The summed E-state index contributed by atoms with van der Waals surface area (Å²) >= 11 is 0. The molecule has 1 aromatic rings. The number of para-hydroxylation sites is 1. The lowest BCUT2D eigenvalue weighted by molar-refractivity contribution is -0.143. The SMILES string of the molecule is CC(C(=O)OCCN(CCOC(=O)C(C)P(=O)(O)O)c1ccccc1)P(=O)(O)O. The molecule has 2 atom stereocenters. The summed E-state index contributed by atoms with van der Waals surface area (Å²) in [5, 5.41) is 0. The molecule has 0 saturated heterocycles. The van der Waals surface area contributed by atoms with Gasteiger partial charge in [-0.2, -0.15) is 0 Å². The molecule has 1 aromatic carbocycles. The number of esters is 2. The molecule has 0 aliphatic carbocycles. The molecule has 0 spiro atoms. The van der Waals surface area contributed by atoms with Gasteiger partial charge < -0.3 is 33.9 Å². The second-order valence-electron chi connectivity index (χ2n) is 6.19. The van der Waals surface area contributed by atoms with E-state index in [0.29, 0.717) is 5.69 Å². The number of carbonyl (C=O) groups excluding carboxylic acids is 2. The molecule has 11 nitrogen and oxygen atoms in total. The normalized spacial score (nSPS) is 14.0. The zero-order valence-electron chi connectivity index (χ0n) is 15.9. The van der Waals surface area contributed by atoms with Gasteiger partial charge in [0.1, 0.15) is 13.2 Å². The predicted octanol–water partition coefficient (Wildman–Crippen LogP) is 0.712. The molecule has 0 bridgehead atoms. The summed E-state index contributed by atoms with van der Waals surface area (Å²) in [6.45, 7) is 2.06. The minimum absolute atomic E-state index is 0.134. The molecule has 0 fully saturated rings. The second kappa shape index (κ2) is 10.9. The van der Waals surface area contributed by atoms with Crippen LogP contribution in [0.25, 0.3) is 0 Å². The maximum absolute atomic E-state index is 11.7. The average molecular weight is 453 g/mol. The van der Waals surface area contributed by atoms with Crippen molar-refractivity contribution in [3.05, 3.63) is 30.3 Å². The van der Waals surface area contributed by atoms with Crippen molar-refractivity contribution >= 4 is 32.8 Å². The minimum Gasteiger partial charge on any atom is -0.463 e. The maximum atomic E-state index is 11.7. The lowest BCUT2D eigenvalue weighted by Crippen LogP contribution is -2.34. The number of hydrogen-bond acceptors (Lipinski definition) is 7. The van der Waals surface area contributed by atoms with Crippen LogP contribution < -0.4 is 4.90 Å². The van der Waals surface area contributed by atoms with Gasteiger partial charge in [0.05, 0.1) is 13.1 Å². The molecule has 164 valence electrons. The lowest BCUT2D eigenvalue weighted by Gasteiger charge is -2.25. The molecule has 0 heterocycles. The zero-order valence-corrected chi connectivity index (χ0v) is 17.7. The van der Waals surface area contributed by atoms with E-state index in [-0.39, 0.29) is 26.3 Å². The fourth-order valence-corrected chi connectivity index (χ4v) is 2.74. The van der Waals surface area contributed by atoms with Crippen molar-refractivity contribution in [3.8, 4) is 0 Å². The van der Waals surface area contributed by atoms with Gasteiger partial charge in [0.15, 0.2) is 11.3 Å². The molecule has 1 rings (SSSR count). The Balaban J connectivity index is 2.65. The van der Waals surface area contributed by atoms with Gasteiger partial charge in [0.25, 0.3) is 0 Å². The molecular weight excluding hydrogens is 428 g/mol. The fourth-order valence-electron chi connectivity index (χ4n) is 2.04. The third-order valence-electron chi connectivity index (χ3n) is 4.02. The highest BCUT2D eigenvalue weighted by molar-refractivity contribution is 7.54. The van der Waals surface area contributed by atoms with E-state index in [1.54, 1.807) is 35.2 Å². The highest BCUT2D eigenvalue weighted by Gasteiger charge is 2.33. The van der Waals surface area contributed by atoms with E-state index in [2.05, 4.69) is 0 Å². The van der Waals surface area contributed by atoms with Crippen molar-refractivity contribution in [2.45, 2.75) is 25.2 Å². The summed E-state index contributed by atoms with van der Waals surface area (Å²) in [4.78, 5) is 61.1. The van der Waals surface area contributed by atoms with E-state index >= 15 is 0 Å². The van der Waals surface area contributed by atoms with Crippen LogP contribution in [0.5, 0.6) is 0 Å². The molecule has 0 radical (unpaired) electrons. The summed E-state index contributed by atoms with van der Waals surface area (Å²) < 4.78 is 32.0. The molecule has 0 amide bonds. The standard InChI is InChI=1S/C16H25NO10P2/c1-12(28(20,21)22)15(18)26-10-8-17(14-6-4-3-5-7-14)9-11-27-16(19)13(2)29(23,24)25/h3-7,12-13H,8-11H2,1-2H3,(H2,20,21,22)(H2,23,24,25). The first-order valence-corrected chi connectivity index (χ1v) is 11.9. The third kappa shape index (κ3) is 8.65. The van der Waals surface area contributed by atoms with Crippen LogP contribution in [0.3, 0.4) is 0 Å². The first-order valence-electron chi connectivity index (χ1n) is 8.57. The number of benzene rings is 1. The fraction of sp³-hybridized carbons (Fsp3) is 0.500. The Labute approximate surface area is 167 Å². The van der Waals surface area contributed by atoms with Gasteiger partial charge in [-0.05, 0) is 26.0 Å². The van der Waals surface area contributed by atoms with Crippen LogP contribution in [0.15, 0.2) is 30.3 Å². The topological polar surface area (TPSA) is 171 Å². The van der Waals surface area contributed by atoms with Crippen molar-refractivity contribution < 1.29 is 47.8 Å². The number of hydrogen-bond donors (Lipinski definition) is 4. The van der Waals surface area contributed by atoms with Crippen LogP contribution in [-0.4, -0.2) is 69.1 Å². The smallest absolute Gasteiger partial charge is 0.339 e. The van der Waals surface area contributed by atoms with Crippen LogP contribution in [0.4, 0.5) is 5.69 Å². The van der Waals surface area contributed by atoms with E-state index in [9.17, 15) is 18.7 Å². The van der Waals surface area contributed by atoms with Crippen LogP contribution in [-0.2, 0) is 28.2 Å². The third-order valence-corrected chi connectivity index (χ3v) is 6.46. The van der Waals surface area contributed by atoms with E-state index < -0.39 is 38.4 Å². The number of carbonyl (C=O) groups is 2. The van der Waals surface area contributed by atoms with E-state index in [1.807, 2.05) is 0 Å². The Morgan fingerprint density at radius 3 is 1.59 bits per heavy atom. The van der Waals surface area contributed by atoms with E-state index in [4.69, 9.17) is 29.0 Å². The largest absolute Gasteiger partial charge is 0.463 e. The van der Waals surface area contributed by atoms with Crippen LogP contribution in [0.2, 0.25) is 0 Å². The molecule has 4 N–H and O–H groups in total. The Bertz CT molecular complexity index is 729. The average Bonchev–Trinajstić information content (AvgIpc) is 2.64. The highest BCUT2D eigenvalue weighted by atomic mass is 31.2. The monoisotopic (exact) mass is 453 g/mol. The van der Waals surface area contributed by atoms with Gasteiger partial charge in [0.2, 0.25) is 0 Å².